The van der Waals surface area contributed by atoms with Gasteiger partial charge in [0.25, 0.3) is 0 Å². The number of fused-ring (bicyclic) bond motifs is 2. The highest BCUT2D eigenvalue weighted by molar-refractivity contribution is 9.10. The van der Waals surface area contributed by atoms with E-state index >= 15 is 0 Å². The zero-order valence-corrected chi connectivity index (χ0v) is 12.5. The van der Waals surface area contributed by atoms with Crippen molar-refractivity contribution < 1.29 is 0 Å². The van der Waals surface area contributed by atoms with E-state index < -0.39 is 0 Å². The van der Waals surface area contributed by atoms with Crippen LogP contribution in [0.2, 0.25) is 0 Å². The van der Waals surface area contributed by atoms with Gasteiger partial charge in [-0.2, -0.15) is 5.10 Å². The van der Waals surface area contributed by atoms with Gasteiger partial charge in [0.15, 0.2) is 0 Å². The van der Waals surface area contributed by atoms with Crippen molar-refractivity contribution in [1.29, 1.82) is 0 Å². The molecule has 3 fully saturated rings. The molecule has 1 heterocycles. The molecule has 3 atom stereocenters. The van der Waals surface area contributed by atoms with E-state index in [9.17, 15) is 0 Å². The first-order valence-electron chi connectivity index (χ1n) is 6.68. The number of halogens is 1. The van der Waals surface area contributed by atoms with Gasteiger partial charge in [-0.05, 0) is 65.3 Å². The Morgan fingerprint density at radius 1 is 1.47 bits per heavy atom. The number of aromatic nitrogens is 2. The van der Waals surface area contributed by atoms with Gasteiger partial charge in [-0.15, -0.1) is 0 Å². The van der Waals surface area contributed by atoms with E-state index in [1.54, 1.807) is 0 Å². The van der Waals surface area contributed by atoms with Crippen molar-refractivity contribution in [2.45, 2.75) is 46.6 Å². The van der Waals surface area contributed by atoms with Crippen LogP contribution in [0.5, 0.6) is 0 Å². The molecule has 3 aliphatic rings. The van der Waals surface area contributed by atoms with E-state index in [-0.39, 0.29) is 0 Å². The Bertz CT molecular complexity index is 433. The molecule has 1 aromatic heterocycles. The summed E-state index contributed by atoms with van der Waals surface area (Å²) < 4.78 is 3.32. The lowest BCUT2D eigenvalue weighted by Crippen LogP contribution is -2.53. The molecule has 0 unspecified atom stereocenters. The fraction of sp³-hybridized carbons (Fsp3) is 0.786. The van der Waals surface area contributed by atoms with Gasteiger partial charge in [0, 0.05) is 12.2 Å². The Morgan fingerprint density at radius 2 is 2.24 bits per heavy atom. The number of hydrogen-bond donors (Lipinski definition) is 0. The molecule has 17 heavy (non-hydrogen) atoms. The molecule has 0 aromatic carbocycles. The lowest BCUT2D eigenvalue weighted by molar-refractivity contribution is -0.109. The van der Waals surface area contributed by atoms with Crippen molar-refractivity contribution in [1.82, 2.24) is 9.78 Å². The van der Waals surface area contributed by atoms with E-state index in [0.717, 1.165) is 28.8 Å². The van der Waals surface area contributed by atoms with Crippen molar-refractivity contribution in [2.75, 3.05) is 0 Å². The van der Waals surface area contributed by atoms with E-state index in [2.05, 4.69) is 46.5 Å². The first-order chi connectivity index (χ1) is 8.00. The van der Waals surface area contributed by atoms with E-state index in [1.165, 1.54) is 25.0 Å². The van der Waals surface area contributed by atoms with Crippen LogP contribution in [0, 0.1) is 30.1 Å². The smallest absolute Gasteiger partial charge is 0.0635 e. The van der Waals surface area contributed by atoms with Gasteiger partial charge in [0.2, 0.25) is 0 Å². The molecule has 3 saturated carbocycles. The molecule has 0 saturated heterocycles. The van der Waals surface area contributed by atoms with Crippen LogP contribution in [-0.4, -0.2) is 9.78 Å². The molecule has 0 radical (unpaired) electrons. The Morgan fingerprint density at radius 3 is 2.76 bits per heavy atom. The molecule has 1 aromatic rings. The van der Waals surface area contributed by atoms with Crippen LogP contribution in [0.15, 0.2) is 10.7 Å². The molecular weight excluding hydrogens is 276 g/mol. The number of hydrogen-bond acceptors (Lipinski definition) is 1. The normalized spacial score (nSPS) is 34.5. The molecule has 94 valence electrons. The largest absolute Gasteiger partial charge is 0.268 e. The second kappa shape index (κ2) is 3.84. The maximum Gasteiger partial charge on any atom is 0.0635 e. The summed E-state index contributed by atoms with van der Waals surface area (Å²) in [6.45, 7) is 8.18. The standard InChI is InChI=1S/C14H21BrN2/c1-9-13(15)7-16-17(9)8-10-4-5-11-6-12(10)14(11,2)3/h7,10-12H,4-6,8H2,1-3H3/t10-,11-,12+/m0/s1. The SMILES string of the molecule is Cc1c(Br)cnn1C[C@@H]1CC[C@H]2C[C@H]1C2(C)C. The number of rotatable bonds is 2. The summed E-state index contributed by atoms with van der Waals surface area (Å²) in [6.07, 6.45) is 6.21. The Kier molecular flexibility index (Phi) is 2.66. The quantitative estimate of drug-likeness (QED) is 0.806. The minimum absolute atomic E-state index is 0.585. The summed E-state index contributed by atoms with van der Waals surface area (Å²) >= 11 is 3.54. The summed E-state index contributed by atoms with van der Waals surface area (Å²) in [4.78, 5) is 0. The second-order valence-corrected chi connectivity index (χ2v) is 7.31. The minimum atomic E-state index is 0.585. The van der Waals surface area contributed by atoms with Crippen LogP contribution >= 0.6 is 15.9 Å². The highest BCUT2D eigenvalue weighted by Gasteiger charge is 2.54. The number of nitrogens with zero attached hydrogens (tertiary/aromatic N) is 2. The predicted molar refractivity (Wildman–Crippen MR) is 72.8 cm³/mol. The van der Waals surface area contributed by atoms with E-state index in [1.807, 2.05) is 6.20 Å². The Labute approximate surface area is 112 Å². The Balaban J connectivity index is 1.76. The van der Waals surface area contributed by atoms with E-state index in [4.69, 9.17) is 0 Å². The predicted octanol–water partition coefficient (Wildman–Crippen LogP) is 4.03. The molecule has 2 bridgehead atoms. The Hall–Kier alpha value is -0.310. The van der Waals surface area contributed by atoms with Gasteiger partial charge >= 0.3 is 0 Å². The van der Waals surface area contributed by atoms with Crippen LogP contribution in [0.4, 0.5) is 0 Å². The van der Waals surface area contributed by atoms with Gasteiger partial charge in [0.05, 0.1) is 10.7 Å². The molecule has 4 rings (SSSR count). The summed E-state index contributed by atoms with van der Waals surface area (Å²) in [7, 11) is 0. The van der Waals surface area contributed by atoms with Crippen molar-refractivity contribution in [3.8, 4) is 0 Å². The molecule has 3 heteroatoms. The van der Waals surface area contributed by atoms with Crippen molar-refractivity contribution in [3.63, 3.8) is 0 Å². The summed E-state index contributed by atoms with van der Waals surface area (Å²) in [5, 5.41) is 4.48. The lowest BCUT2D eigenvalue weighted by atomic mass is 9.45. The molecular formula is C14H21BrN2. The van der Waals surface area contributed by atoms with Crippen LogP contribution < -0.4 is 0 Å². The summed E-state index contributed by atoms with van der Waals surface area (Å²) in [5.41, 5.74) is 1.85. The average molecular weight is 297 g/mol. The first kappa shape index (κ1) is 11.8. The molecule has 0 amide bonds. The monoisotopic (exact) mass is 296 g/mol. The third kappa shape index (κ3) is 1.69. The lowest BCUT2D eigenvalue weighted by Gasteiger charge is -2.60. The zero-order chi connectivity index (χ0) is 12.2. The van der Waals surface area contributed by atoms with E-state index in [0.29, 0.717) is 5.41 Å². The van der Waals surface area contributed by atoms with Crippen LogP contribution in [0.1, 0.15) is 38.8 Å². The summed E-state index contributed by atoms with van der Waals surface area (Å²) in [5.74, 6) is 2.75. The third-order valence-electron chi connectivity index (χ3n) is 5.45. The molecule has 0 spiro atoms. The molecule has 0 aliphatic heterocycles. The van der Waals surface area contributed by atoms with Gasteiger partial charge < -0.3 is 0 Å². The van der Waals surface area contributed by atoms with Gasteiger partial charge in [-0.3, -0.25) is 4.68 Å². The summed E-state index contributed by atoms with van der Waals surface area (Å²) in [6, 6.07) is 0. The van der Waals surface area contributed by atoms with Crippen LogP contribution in [0.3, 0.4) is 0 Å². The minimum Gasteiger partial charge on any atom is -0.268 e. The van der Waals surface area contributed by atoms with Crippen molar-refractivity contribution in [3.05, 3.63) is 16.4 Å². The molecule has 2 nitrogen and oxygen atoms in total. The third-order valence-corrected chi connectivity index (χ3v) is 6.23. The molecule has 0 N–H and O–H groups in total. The van der Waals surface area contributed by atoms with Gasteiger partial charge in [0.1, 0.15) is 0 Å². The maximum absolute atomic E-state index is 4.48. The topological polar surface area (TPSA) is 17.8 Å². The van der Waals surface area contributed by atoms with Crippen LogP contribution in [0.25, 0.3) is 0 Å². The second-order valence-electron chi connectivity index (χ2n) is 6.46. The van der Waals surface area contributed by atoms with Crippen LogP contribution in [-0.2, 0) is 6.54 Å². The first-order valence-corrected chi connectivity index (χ1v) is 7.47. The fourth-order valence-electron chi connectivity index (χ4n) is 4.01. The highest BCUT2D eigenvalue weighted by Crippen LogP contribution is 2.61. The van der Waals surface area contributed by atoms with Gasteiger partial charge in [-0.1, -0.05) is 13.8 Å². The average Bonchev–Trinajstić information content (AvgIpc) is 2.61. The zero-order valence-electron chi connectivity index (χ0n) is 10.9. The van der Waals surface area contributed by atoms with Gasteiger partial charge in [-0.25, -0.2) is 0 Å². The molecule has 3 aliphatic carbocycles. The maximum atomic E-state index is 4.48. The van der Waals surface area contributed by atoms with Crippen molar-refractivity contribution in [2.24, 2.45) is 23.2 Å². The highest BCUT2D eigenvalue weighted by atomic mass is 79.9. The fourth-order valence-corrected chi connectivity index (χ4v) is 4.31. The van der Waals surface area contributed by atoms with Crippen molar-refractivity contribution >= 4 is 15.9 Å².